The average molecular weight is 274 g/mol. The van der Waals surface area contributed by atoms with Crippen molar-refractivity contribution in [1.82, 2.24) is 9.78 Å². The summed E-state index contributed by atoms with van der Waals surface area (Å²) >= 11 is 0. The smallest absolute Gasteiger partial charge is 0.250 e. The number of benzene rings is 1. The third kappa shape index (κ3) is 3.83. The molecule has 0 aliphatic rings. The molecule has 6 nitrogen and oxygen atoms in total. The Morgan fingerprint density at radius 1 is 1.40 bits per heavy atom. The Balaban J connectivity index is 1.95. The molecule has 1 aromatic heterocycles. The number of aromatic nitrogens is 2. The van der Waals surface area contributed by atoms with Crippen molar-refractivity contribution < 1.29 is 9.90 Å². The second kappa shape index (κ2) is 6.72. The van der Waals surface area contributed by atoms with Crippen LogP contribution in [0.15, 0.2) is 36.7 Å². The van der Waals surface area contributed by atoms with Crippen molar-refractivity contribution in [3.8, 4) is 0 Å². The highest BCUT2D eigenvalue weighted by molar-refractivity contribution is 5.91. The maximum Gasteiger partial charge on any atom is 0.250 e. The molecule has 20 heavy (non-hydrogen) atoms. The van der Waals surface area contributed by atoms with Crippen LogP contribution in [0.2, 0.25) is 0 Å². The number of amides is 1. The summed E-state index contributed by atoms with van der Waals surface area (Å²) in [5.41, 5.74) is 2.64. The maximum absolute atomic E-state index is 11.1. The van der Waals surface area contributed by atoms with Gasteiger partial charge in [0.15, 0.2) is 0 Å². The van der Waals surface area contributed by atoms with Crippen LogP contribution in [0.3, 0.4) is 0 Å². The molecule has 0 unspecified atom stereocenters. The van der Waals surface area contributed by atoms with Crippen LogP contribution in [0.1, 0.15) is 12.5 Å². The first-order valence-corrected chi connectivity index (χ1v) is 6.47. The quantitative estimate of drug-likeness (QED) is 0.745. The molecule has 6 heteroatoms. The molecule has 1 amide bonds. The maximum atomic E-state index is 11.1. The molecule has 0 radical (unpaired) electrons. The van der Waals surface area contributed by atoms with E-state index in [9.17, 15) is 4.79 Å². The largest absolute Gasteiger partial charge is 0.387 e. The molecule has 0 saturated carbocycles. The van der Waals surface area contributed by atoms with Crippen LogP contribution in [0.25, 0.3) is 0 Å². The lowest BCUT2D eigenvalue weighted by Gasteiger charge is -2.08. The second-order valence-corrected chi connectivity index (χ2v) is 4.34. The van der Waals surface area contributed by atoms with Crippen LogP contribution < -0.4 is 10.6 Å². The summed E-state index contributed by atoms with van der Waals surface area (Å²) in [6.07, 6.45) is 3.82. The fraction of sp³-hybridized carbons (Fsp3) is 0.286. The zero-order chi connectivity index (χ0) is 14.4. The predicted octanol–water partition coefficient (Wildman–Crippen LogP) is 1.45. The lowest BCUT2D eigenvalue weighted by Crippen LogP contribution is -2.15. The second-order valence-electron chi connectivity index (χ2n) is 4.34. The highest BCUT2D eigenvalue weighted by atomic mass is 16.3. The standard InChI is InChI=1S/C14H18N4O2/c1-2-18-9-11(8-16-18)7-15-12-4-3-5-13(6-12)17-14(20)10-19/h3-6,8-9,15,19H,2,7,10H2,1H3,(H,17,20). The molecule has 0 aliphatic heterocycles. The number of aliphatic hydroxyl groups excluding tert-OH is 1. The van der Waals surface area contributed by atoms with Crippen molar-refractivity contribution in [3.63, 3.8) is 0 Å². The highest BCUT2D eigenvalue weighted by Crippen LogP contribution is 2.15. The van der Waals surface area contributed by atoms with E-state index < -0.39 is 12.5 Å². The van der Waals surface area contributed by atoms with Gasteiger partial charge in [0.05, 0.1) is 6.20 Å². The highest BCUT2D eigenvalue weighted by Gasteiger charge is 2.01. The molecule has 0 bridgehead atoms. The van der Waals surface area contributed by atoms with E-state index in [1.54, 1.807) is 6.07 Å². The molecule has 0 saturated heterocycles. The molecule has 0 atom stereocenters. The Morgan fingerprint density at radius 3 is 2.90 bits per heavy atom. The molecule has 1 heterocycles. The summed E-state index contributed by atoms with van der Waals surface area (Å²) in [5, 5.41) is 18.8. The number of nitrogens with one attached hydrogen (secondary N) is 2. The lowest BCUT2D eigenvalue weighted by atomic mass is 10.2. The average Bonchev–Trinajstić information content (AvgIpc) is 2.93. The van der Waals surface area contributed by atoms with E-state index >= 15 is 0 Å². The topological polar surface area (TPSA) is 79.2 Å². The van der Waals surface area contributed by atoms with Crippen LogP contribution in [-0.2, 0) is 17.9 Å². The molecule has 0 fully saturated rings. The van der Waals surface area contributed by atoms with Crippen LogP contribution in [0, 0.1) is 0 Å². The molecule has 2 rings (SSSR count). The zero-order valence-electron chi connectivity index (χ0n) is 11.3. The summed E-state index contributed by atoms with van der Waals surface area (Å²) in [4.78, 5) is 11.1. The molecule has 106 valence electrons. The van der Waals surface area contributed by atoms with Crippen molar-refractivity contribution in [2.75, 3.05) is 17.2 Å². The normalized spacial score (nSPS) is 10.3. The van der Waals surface area contributed by atoms with E-state index in [0.29, 0.717) is 12.2 Å². The van der Waals surface area contributed by atoms with Crippen molar-refractivity contribution in [3.05, 3.63) is 42.2 Å². The van der Waals surface area contributed by atoms with Crippen molar-refractivity contribution in [2.45, 2.75) is 20.0 Å². The Labute approximate surface area is 117 Å². The van der Waals surface area contributed by atoms with Gasteiger partial charge in [-0.25, -0.2) is 0 Å². The van der Waals surface area contributed by atoms with Gasteiger partial charge >= 0.3 is 0 Å². The number of aliphatic hydroxyl groups is 1. The monoisotopic (exact) mass is 274 g/mol. The van der Waals surface area contributed by atoms with Crippen LogP contribution in [0.4, 0.5) is 11.4 Å². The number of carbonyl (C=O) groups is 1. The first kappa shape index (κ1) is 14.1. The minimum absolute atomic E-state index is 0.425. The number of carbonyl (C=O) groups excluding carboxylic acids is 1. The van der Waals surface area contributed by atoms with E-state index in [-0.39, 0.29) is 0 Å². The van der Waals surface area contributed by atoms with Gasteiger partial charge in [0.25, 0.3) is 0 Å². The SMILES string of the molecule is CCn1cc(CNc2cccc(NC(=O)CO)c2)cn1. The van der Waals surface area contributed by atoms with Crippen molar-refractivity contribution in [2.24, 2.45) is 0 Å². The first-order chi connectivity index (χ1) is 9.71. The van der Waals surface area contributed by atoms with Gasteiger partial charge in [-0.3, -0.25) is 9.48 Å². The third-order valence-electron chi connectivity index (χ3n) is 2.80. The Kier molecular flexibility index (Phi) is 4.73. The Bertz CT molecular complexity index is 580. The number of hydrogen-bond donors (Lipinski definition) is 3. The molecule has 1 aromatic carbocycles. The van der Waals surface area contributed by atoms with Gasteiger partial charge in [-0.05, 0) is 25.1 Å². The minimum Gasteiger partial charge on any atom is -0.387 e. The zero-order valence-corrected chi connectivity index (χ0v) is 11.3. The van der Waals surface area contributed by atoms with Crippen LogP contribution >= 0.6 is 0 Å². The number of aryl methyl sites for hydroxylation is 1. The van der Waals surface area contributed by atoms with Gasteiger partial charge in [0, 0.05) is 36.2 Å². The summed E-state index contributed by atoms with van der Waals surface area (Å²) in [5.74, 6) is -0.425. The van der Waals surface area contributed by atoms with E-state index in [1.807, 2.05) is 42.2 Å². The Hall–Kier alpha value is -2.34. The fourth-order valence-electron chi connectivity index (χ4n) is 1.78. The van der Waals surface area contributed by atoms with Gasteiger partial charge in [-0.1, -0.05) is 6.07 Å². The Morgan fingerprint density at radius 2 is 2.20 bits per heavy atom. The van der Waals surface area contributed by atoms with Crippen molar-refractivity contribution >= 4 is 17.3 Å². The number of anilines is 2. The fourth-order valence-corrected chi connectivity index (χ4v) is 1.78. The van der Waals surface area contributed by atoms with Gasteiger partial charge in [0.2, 0.25) is 5.91 Å². The molecule has 0 aliphatic carbocycles. The molecule has 2 aromatic rings. The van der Waals surface area contributed by atoms with E-state index in [0.717, 1.165) is 17.8 Å². The van der Waals surface area contributed by atoms with Gasteiger partial charge in [-0.2, -0.15) is 5.10 Å². The van der Waals surface area contributed by atoms with Crippen LogP contribution in [0.5, 0.6) is 0 Å². The minimum atomic E-state index is -0.520. The molecular weight excluding hydrogens is 256 g/mol. The third-order valence-corrected chi connectivity index (χ3v) is 2.80. The summed E-state index contributed by atoms with van der Waals surface area (Å²) in [6.45, 7) is 3.03. The summed E-state index contributed by atoms with van der Waals surface area (Å²) in [7, 11) is 0. The summed E-state index contributed by atoms with van der Waals surface area (Å²) < 4.78 is 1.87. The number of hydrogen-bond acceptors (Lipinski definition) is 4. The lowest BCUT2D eigenvalue weighted by molar-refractivity contribution is -0.118. The van der Waals surface area contributed by atoms with E-state index in [2.05, 4.69) is 15.7 Å². The van der Waals surface area contributed by atoms with Crippen molar-refractivity contribution in [1.29, 1.82) is 0 Å². The van der Waals surface area contributed by atoms with Crippen LogP contribution in [-0.4, -0.2) is 27.4 Å². The molecule has 0 spiro atoms. The number of nitrogens with zero attached hydrogens (tertiary/aromatic N) is 2. The van der Waals surface area contributed by atoms with Gasteiger partial charge < -0.3 is 15.7 Å². The predicted molar refractivity (Wildman–Crippen MR) is 77.4 cm³/mol. The summed E-state index contributed by atoms with van der Waals surface area (Å²) in [6, 6.07) is 7.34. The molecular formula is C14H18N4O2. The number of rotatable bonds is 6. The van der Waals surface area contributed by atoms with Gasteiger partial charge in [-0.15, -0.1) is 0 Å². The van der Waals surface area contributed by atoms with E-state index in [4.69, 9.17) is 5.11 Å². The van der Waals surface area contributed by atoms with Gasteiger partial charge in [0.1, 0.15) is 6.61 Å². The van der Waals surface area contributed by atoms with E-state index in [1.165, 1.54) is 0 Å². The molecule has 3 N–H and O–H groups in total. The first-order valence-electron chi connectivity index (χ1n) is 6.47.